The van der Waals surface area contributed by atoms with Crippen molar-refractivity contribution >= 4 is 66.5 Å². The van der Waals surface area contributed by atoms with Gasteiger partial charge in [0.2, 0.25) is 0 Å². The van der Waals surface area contributed by atoms with E-state index in [1.165, 1.54) is 37.4 Å². The van der Waals surface area contributed by atoms with E-state index >= 15 is 0 Å². The Bertz CT molecular complexity index is 465. The summed E-state index contributed by atoms with van der Waals surface area (Å²) in [5.41, 5.74) is 2.04. The molecule has 0 saturated heterocycles. The molecule has 2 heterocycles. The van der Waals surface area contributed by atoms with Gasteiger partial charge in [-0.05, 0) is 24.3 Å². The number of thioether (sulfide) groups is 1. The Morgan fingerprint density at radius 3 is 2.75 bits per heavy atom. The number of nitrogens with zero attached hydrogens (tertiary/aromatic N) is 3. The van der Waals surface area contributed by atoms with Crippen molar-refractivity contribution in [3.8, 4) is 11.3 Å². The Kier molecular flexibility index (Phi) is 12.3. The molecule has 0 aromatic carbocycles. The third-order valence-corrected chi connectivity index (χ3v) is 4.32. The predicted octanol–water partition coefficient (Wildman–Crippen LogP) is 4.00. The third kappa shape index (κ3) is 6.45. The summed E-state index contributed by atoms with van der Waals surface area (Å²) in [6, 6.07) is 3.97. The molecule has 0 unspecified atom stereocenters. The maximum Gasteiger partial charge on any atom is 0.138 e. The number of pyridine rings is 1. The molecular weight excluding hydrogens is 317 g/mol. The molecule has 0 N–H and O–H groups in total. The van der Waals surface area contributed by atoms with Crippen molar-refractivity contribution in [1.29, 1.82) is 0 Å². The SMILES string of the molecule is CCCCCCSc1nsnc1-c1cccnc1.S.[Na]. The summed E-state index contributed by atoms with van der Waals surface area (Å²) >= 11 is 3.09. The minimum Gasteiger partial charge on any atom is -0.264 e. The van der Waals surface area contributed by atoms with Crippen LogP contribution in [0.5, 0.6) is 0 Å². The van der Waals surface area contributed by atoms with Gasteiger partial charge in [0.25, 0.3) is 0 Å². The van der Waals surface area contributed by atoms with E-state index in [9.17, 15) is 0 Å². The first-order valence-electron chi connectivity index (χ1n) is 6.27. The molecular formula is C13H19N3NaS3. The summed E-state index contributed by atoms with van der Waals surface area (Å²) in [6.45, 7) is 2.23. The summed E-state index contributed by atoms with van der Waals surface area (Å²) in [5.74, 6) is 1.12. The van der Waals surface area contributed by atoms with Gasteiger partial charge in [-0.2, -0.15) is 22.2 Å². The van der Waals surface area contributed by atoms with E-state index in [1.54, 1.807) is 6.20 Å². The Morgan fingerprint density at radius 2 is 2.05 bits per heavy atom. The van der Waals surface area contributed by atoms with Crippen LogP contribution in [0, 0.1) is 0 Å². The van der Waals surface area contributed by atoms with Crippen molar-refractivity contribution in [2.75, 3.05) is 5.75 Å². The molecule has 0 bridgehead atoms. The van der Waals surface area contributed by atoms with Crippen LogP contribution in [-0.2, 0) is 0 Å². The summed E-state index contributed by atoms with van der Waals surface area (Å²) in [7, 11) is 0. The minimum absolute atomic E-state index is 0. The summed E-state index contributed by atoms with van der Waals surface area (Å²) in [5, 5.41) is 1.05. The van der Waals surface area contributed by atoms with Crippen LogP contribution in [0.15, 0.2) is 29.6 Å². The Hall–Kier alpha value is 0.410. The average Bonchev–Trinajstić information content (AvgIpc) is 2.88. The Labute approximate surface area is 158 Å². The molecule has 2 aromatic heterocycles. The van der Waals surface area contributed by atoms with E-state index in [-0.39, 0.29) is 43.1 Å². The molecule has 0 atom stereocenters. The molecule has 7 heteroatoms. The van der Waals surface area contributed by atoms with E-state index in [0.717, 1.165) is 22.0 Å². The fourth-order valence-electron chi connectivity index (χ4n) is 1.65. The normalized spacial score (nSPS) is 9.65. The molecule has 0 fully saturated rings. The molecule has 0 aliphatic carbocycles. The van der Waals surface area contributed by atoms with Gasteiger partial charge < -0.3 is 0 Å². The molecule has 105 valence electrons. The van der Waals surface area contributed by atoms with Crippen molar-refractivity contribution in [3.05, 3.63) is 24.5 Å². The van der Waals surface area contributed by atoms with Crippen molar-refractivity contribution < 1.29 is 0 Å². The van der Waals surface area contributed by atoms with Gasteiger partial charge in [-0.15, -0.1) is 11.8 Å². The van der Waals surface area contributed by atoms with Crippen LogP contribution in [0.2, 0.25) is 0 Å². The fourth-order valence-corrected chi connectivity index (χ4v) is 3.34. The second-order valence-electron chi connectivity index (χ2n) is 4.07. The van der Waals surface area contributed by atoms with Crippen molar-refractivity contribution in [2.24, 2.45) is 0 Å². The Balaban J connectivity index is 0.00000180. The molecule has 0 saturated carbocycles. The molecule has 0 amide bonds. The molecule has 0 spiro atoms. The van der Waals surface area contributed by atoms with E-state index in [2.05, 4.69) is 20.7 Å². The average molecular weight is 337 g/mol. The number of rotatable bonds is 7. The first kappa shape index (κ1) is 20.4. The van der Waals surface area contributed by atoms with Crippen LogP contribution in [0.25, 0.3) is 11.3 Å². The maximum absolute atomic E-state index is 4.38. The summed E-state index contributed by atoms with van der Waals surface area (Å²) in [4.78, 5) is 4.13. The van der Waals surface area contributed by atoms with Crippen LogP contribution in [-0.4, -0.2) is 49.0 Å². The molecule has 2 aromatic rings. The molecule has 0 aliphatic rings. The summed E-state index contributed by atoms with van der Waals surface area (Å²) < 4.78 is 8.75. The van der Waals surface area contributed by atoms with Crippen molar-refractivity contribution in [1.82, 2.24) is 13.7 Å². The second-order valence-corrected chi connectivity index (χ2v) is 5.68. The second kappa shape index (κ2) is 12.0. The topological polar surface area (TPSA) is 38.7 Å². The zero-order valence-corrected chi connectivity index (χ0v) is 16.6. The van der Waals surface area contributed by atoms with Gasteiger partial charge in [-0.25, -0.2) is 0 Å². The maximum atomic E-state index is 4.38. The van der Waals surface area contributed by atoms with E-state index in [0.29, 0.717) is 0 Å². The number of hydrogen-bond acceptors (Lipinski definition) is 5. The number of hydrogen-bond donors (Lipinski definition) is 0. The van der Waals surface area contributed by atoms with Gasteiger partial charge in [0.15, 0.2) is 0 Å². The van der Waals surface area contributed by atoms with Gasteiger partial charge in [-0.1, -0.05) is 26.2 Å². The largest absolute Gasteiger partial charge is 0.264 e. The molecule has 2 rings (SSSR count). The van der Waals surface area contributed by atoms with Crippen LogP contribution >= 0.6 is 37.0 Å². The summed E-state index contributed by atoms with van der Waals surface area (Å²) in [6.07, 6.45) is 8.79. The molecule has 3 nitrogen and oxygen atoms in total. The number of unbranched alkanes of at least 4 members (excludes halogenated alkanes) is 3. The van der Waals surface area contributed by atoms with Crippen LogP contribution in [0.4, 0.5) is 0 Å². The van der Waals surface area contributed by atoms with Gasteiger partial charge in [0.1, 0.15) is 10.7 Å². The van der Waals surface area contributed by atoms with Gasteiger partial charge in [0.05, 0.1) is 11.7 Å². The molecule has 1 radical (unpaired) electrons. The van der Waals surface area contributed by atoms with E-state index in [4.69, 9.17) is 0 Å². The molecule has 0 aliphatic heterocycles. The minimum atomic E-state index is 0. The van der Waals surface area contributed by atoms with Crippen LogP contribution in [0.3, 0.4) is 0 Å². The monoisotopic (exact) mass is 336 g/mol. The first-order valence-corrected chi connectivity index (χ1v) is 7.99. The zero-order valence-electron chi connectivity index (χ0n) is 12.0. The van der Waals surface area contributed by atoms with Crippen molar-refractivity contribution in [3.63, 3.8) is 0 Å². The van der Waals surface area contributed by atoms with Crippen LogP contribution < -0.4 is 0 Å². The first-order chi connectivity index (χ1) is 8.92. The Morgan fingerprint density at radius 1 is 1.20 bits per heavy atom. The zero-order chi connectivity index (χ0) is 12.6. The van der Waals surface area contributed by atoms with Gasteiger partial charge in [-0.3, -0.25) is 4.98 Å². The van der Waals surface area contributed by atoms with Gasteiger partial charge >= 0.3 is 0 Å². The predicted molar refractivity (Wildman–Crippen MR) is 94.1 cm³/mol. The molecule has 20 heavy (non-hydrogen) atoms. The van der Waals surface area contributed by atoms with Crippen molar-refractivity contribution in [2.45, 2.75) is 37.6 Å². The fraction of sp³-hybridized carbons (Fsp3) is 0.462. The standard InChI is InChI=1S/C13H17N3S2.Na.H2S/c1-2-3-4-5-9-17-13-12(15-18-16-13)11-7-6-8-14-10-11;;/h6-8,10H,2-5,9H2,1H3;;1H2. The van der Waals surface area contributed by atoms with E-state index < -0.39 is 0 Å². The van der Waals surface area contributed by atoms with E-state index in [1.807, 2.05) is 30.1 Å². The third-order valence-electron chi connectivity index (χ3n) is 2.63. The number of aromatic nitrogens is 3. The quantitative estimate of drug-likeness (QED) is 0.435. The van der Waals surface area contributed by atoms with Crippen LogP contribution in [0.1, 0.15) is 32.6 Å². The smallest absolute Gasteiger partial charge is 0.138 e. The van der Waals surface area contributed by atoms with Gasteiger partial charge in [0, 0.05) is 47.5 Å².